The van der Waals surface area contributed by atoms with Gasteiger partial charge in [-0.2, -0.15) is 4.98 Å². The number of methoxy groups -OCH3 is 2. The zero-order chi connectivity index (χ0) is 12.0. The number of aromatic nitrogens is 2. The molecule has 6 nitrogen and oxygen atoms in total. The summed E-state index contributed by atoms with van der Waals surface area (Å²) >= 11 is 0. The Bertz CT molecular complexity index is 333. The number of hydrogen-bond donors (Lipinski definition) is 2. The Kier molecular flexibility index (Phi) is 4.94. The standard InChI is InChI=1S/C10H18N4O2/c1-7-4-13-10(11)14-9(7)12-5-8(16-3)6-15-2/h4,8H,5-6H2,1-3H3,(H3,11,12,13,14). The molecule has 0 saturated carbocycles. The zero-order valence-electron chi connectivity index (χ0n) is 9.86. The molecule has 0 bridgehead atoms. The second-order valence-corrected chi connectivity index (χ2v) is 3.45. The molecular formula is C10H18N4O2. The van der Waals surface area contributed by atoms with Crippen molar-refractivity contribution < 1.29 is 9.47 Å². The van der Waals surface area contributed by atoms with Crippen molar-refractivity contribution in [3.8, 4) is 0 Å². The highest BCUT2D eigenvalue weighted by Gasteiger charge is 2.08. The molecule has 0 fully saturated rings. The summed E-state index contributed by atoms with van der Waals surface area (Å²) in [5.74, 6) is 0.986. The van der Waals surface area contributed by atoms with Crippen molar-refractivity contribution in [2.24, 2.45) is 0 Å². The van der Waals surface area contributed by atoms with Gasteiger partial charge in [0.15, 0.2) is 0 Å². The number of anilines is 2. The highest BCUT2D eigenvalue weighted by Crippen LogP contribution is 2.10. The van der Waals surface area contributed by atoms with Gasteiger partial charge in [0, 0.05) is 32.5 Å². The van der Waals surface area contributed by atoms with Crippen LogP contribution in [-0.2, 0) is 9.47 Å². The summed E-state index contributed by atoms with van der Waals surface area (Å²) in [5, 5.41) is 3.15. The van der Waals surface area contributed by atoms with Gasteiger partial charge in [-0.1, -0.05) is 0 Å². The lowest BCUT2D eigenvalue weighted by atomic mass is 10.3. The van der Waals surface area contributed by atoms with Crippen LogP contribution in [0.5, 0.6) is 0 Å². The number of rotatable bonds is 6. The van der Waals surface area contributed by atoms with E-state index < -0.39 is 0 Å². The van der Waals surface area contributed by atoms with E-state index in [1.165, 1.54) is 0 Å². The monoisotopic (exact) mass is 226 g/mol. The zero-order valence-corrected chi connectivity index (χ0v) is 9.86. The number of nitrogens with two attached hydrogens (primary N) is 1. The van der Waals surface area contributed by atoms with E-state index in [-0.39, 0.29) is 12.1 Å². The largest absolute Gasteiger partial charge is 0.382 e. The van der Waals surface area contributed by atoms with Gasteiger partial charge in [-0.3, -0.25) is 0 Å². The Labute approximate surface area is 95.2 Å². The van der Waals surface area contributed by atoms with E-state index in [2.05, 4.69) is 15.3 Å². The lowest BCUT2D eigenvalue weighted by Gasteiger charge is -2.16. The summed E-state index contributed by atoms with van der Waals surface area (Å²) in [7, 11) is 3.28. The van der Waals surface area contributed by atoms with Crippen LogP contribution in [0.25, 0.3) is 0 Å². The fraction of sp³-hybridized carbons (Fsp3) is 0.600. The predicted octanol–water partition coefficient (Wildman–Crippen LogP) is 0.441. The third kappa shape index (κ3) is 3.63. The van der Waals surface area contributed by atoms with Crippen molar-refractivity contribution >= 4 is 11.8 Å². The van der Waals surface area contributed by atoms with Gasteiger partial charge in [0.2, 0.25) is 5.95 Å². The van der Waals surface area contributed by atoms with Gasteiger partial charge in [-0.15, -0.1) is 0 Å². The van der Waals surface area contributed by atoms with Gasteiger partial charge in [-0.05, 0) is 6.92 Å². The minimum Gasteiger partial charge on any atom is -0.382 e. The van der Waals surface area contributed by atoms with Crippen LogP contribution in [0.4, 0.5) is 11.8 Å². The molecule has 1 unspecified atom stereocenters. The molecule has 6 heteroatoms. The fourth-order valence-corrected chi connectivity index (χ4v) is 1.24. The summed E-state index contributed by atoms with van der Waals surface area (Å²) in [6.45, 7) is 3.06. The maximum absolute atomic E-state index is 5.51. The summed E-state index contributed by atoms with van der Waals surface area (Å²) in [4.78, 5) is 7.99. The summed E-state index contributed by atoms with van der Waals surface area (Å²) in [6.07, 6.45) is 1.67. The summed E-state index contributed by atoms with van der Waals surface area (Å²) in [6, 6.07) is 0. The molecule has 16 heavy (non-hydrogen) atoms. The molecule has 1 rings (SSSR count). The maximum Gasteiger partial charge on any atom is 0.221 e. The fourth-order valence-electron chi connectivity index (χ4n) is 1.24. The van der Waals surface area contributed by atoms with Gasteiger partial charge < -0.3 is 20.5 Å². The molecular weight excluding hydrogens is 208 g/mol. The van der Waals surface area contributed by atoms with Crippen LogP contribution in [0.1, 0.15) is 5.56 Å². The third-order valence-electron chi connectivity index (χ3n) is 2.17. The molecule has 0 aliphatic carbocycles. The van der Waals surface area contributed by atoms with E-state index in [9.17, 15) is 0 Å². The first-order valence-electron chi connectivity index (χ1n) is 5.02. The van der Waals surface area contributed by atoms with Gasteiger partial charge in [0.25, 0.3) is 0 Å². The minimum atomic E-state index is -0.0133. The van der Waals surface area contributed by atoms with Crippen LogP contribution >= 0.6 is 0 Å². The molecule has 0 amide bonds. The Morgan fingerprint density at radius 2 is 2.25 bits per heavy atom. The van der Waals surface area contributed by atoms with Gasteiger partial charge >= 0.3 is 0 Å². The van der Waals surface area contributed by atoms with Crippen molar-refractivity contribution in [2.75, 3.05) is 38.4 Å². The van der Waals surface area contributed by atoms with Crippen LogP contribution in [0.2, 0.25) is 0 Å². The molecule has 1 aromatic rings. The highest BCUT2D eigenvalue weighted by molar-refractivity contribution is 5.45. The molecule has 3 N–H and O–H groups in total. The SMILES string of the molecule is COCC(CNc1nc(N)ncc1C)OC. The van der Waals surface area contributed by atoms with Crippen molar-refractivity contribution in [1.82, 2.24) is 9.97 Å². The van der Waals surface area contributed by atoms with Crippen molar-refractivity contribution in [2.45, 2.75) is 13.0 Å². The molecule has 1 heterocycles. The van der Waals surface area contributed by atoms with Crippen LogP contribution < -0.4 is 11.1 Å². The number of nitrogen functional groups attached to an aromatic ring is 1. The first-order valence-corrected chi connectivity index (χ1v) is 5.02. The molecule has 0 aliphatic heterocycles. The molecule has 0 aliphatic rings. The van der Waals surface area contributed by atoms with Crippen molar-refractivity contribution in [3.63, 3.8) is 0 Å². The number of aryl methyl sites for hydroxylation is 1. The third-order valence-corrected chi connectivity index (χ3v) is 2.17. The summed E-state index contributed by atoms with van der Waals surface area (Å²) in [5.41, 5.74) is 6.45. The molecule has 0 spiro atoms. The van der Waals surface area contributed by atoms with Gasteiger partial charge in [0.05, 0.1) is 12.7 Å². The minimum absolute atomic E-state index is 0.0133. The Balaban J connectivity index is 2.55. The van der Waals surface area contributed by atoms with Gasteiger partial charge in [-0.25, -0.2) is 4.98 Å². The Morgan fingerprint density at radius 3 is 2.88 bits per heavy atom. The molecule has 0 aromatic carbocycles. The topological polar surface area (TPSA) is 82.3 Å². The molecule has 1 aromatic heterocycles. The molecule has 0 saturated heterocycles. The number of hydrogen-bond acceptors (Lipinski definition) is 6. The normalized spacial score (nSPS) is 12.4. The lowest BCUT2D eigenvalue weighted by molar-refractivity contribution is 0.0365. The van der Waals surface area contributed by atoms with E-state index >= 15 is 0 Å². The lowest BCUT2D eigenvalue weighted by Crippen LogP contribution is -2.27. The highest BCUT2D eigenvalue weighted by atomic mass is 16.5. The molecule has 1 atom stereocenters. The Morgan fingerprint density at radius 1 is 1.50 bits per heavy atom. The van der Waals surface area contributed by atoms with Crippen LogP contribution in [-0.4, -0.2) is 43.4 Å². The number of nitrogens with one attached hydrogen (secondary N) is 1. The average molecular weight is 226 g/mol. The van der Waals surface area contributed by atoms with Crippen LogP contribution in [0.15, 0.2) is 6.20 Å². The Hall–Kier alpha value is -1.40. The average Bonchev–Trinajstić information content (AvgIpc) is 2.28. The second-order valence-electron chi connectivity index (χ2n) is 3.45. The first-order chi connectivity index (χ1) is 7.67. The van der Waals surface area contributed by atoms with E-state index in [4.69, 9.17) is 15.2 Å². The van der Waals surface area contributed by atoms with E-state index in [0.717, 1.165) is 11.4 Å². The number of ether oxygens (including phenoxy) is 2. The predicted molar refractivity (Wildman–Crippen MR) is 62.3 cm³/mol. The molecule has 90 valence electrons. The van der Waals surface area contributed by atoms with E-state index in [1.54, 1.807) is 20.4 Å². The maximum atomic E-state index is 5.51. The van der Waals surface area contributed by atoms with Crippen LogP contribution in [0.3, 0.4) is 0 Å². The van der Waals surface area contributed by atoms with E-state index in [0.29, 0.717) is 13.2 Å². The van der Waals surface area contributed by atoms with Crippen molar-refractivity contribution in [1.29, 1.82) is 0 Å². The molecule has 0 radical (unpaired) electrons. The van der Waals surface area contributed by atoms with Crippen LogP contribution in [0, 0.1) is 6.92 Å². The summed E-state index contributed by atoms with van der Waals surface area (Å²) < 4.78 is 10.2. The van der Waals surface area contributed by atoms with E-state index in [1.807, 2.05) is 6.92 Å². The first kappa shape index (κ1) is 12.7. The second kappa shape index (κ2) is 6.24. The van der Waals surface area contributed by atoms with Crippen molar-refractivity contribution in [3.05, 3.63) is 11.8 Å². The smallest absolute Gasteiger partial charge is 0.221 e. The number of nitrogens with zero attached hydrogens (tertiary/aromatic N) is 2. The van der Waals surface area contributed by atoms with Gasteiger partial charge in [0.1, 0.15) is 5.82 Å². The quantitative estimate of drug-likeness (QED) is 0.732.